The van der Waals surface area contributed by atoms with Crippen LogP contribution in [0.25, 0.3) is 0 Å². The van der Waals surface area contributed by atoms with Gasteiger partial charge >= 0.3 is 0 Å². The molecule has 0 amide bonds. The molecule has 0 radical (unpaired) electrons. The van der Waals surface area contributed by atoms with Crippen LogP contribution in [0.4, 0.5) is 0 Å². The Morgan fingerprint density at radius 1 is 1.44 bits per heavy atom. The first kappa shape index (κ1) is 15.9. The molecule has 0 aliphatic carbocycles. The molecule has 0 aromatic heterocycles. The Bertz CT molecular complexity index is 213. The minimum absolute atomic E-state index is 0.00167. The lowest BCUT2D eigenvalue weighted by atomic mass is 9.92. The highest BCUT2D eigenvalue weighted by molar-refractivity contribution is 4.78. The molecule has 2 atom stereocenters. The first-order valence-electron chi connectivity index (χ1n) is 7.43. The van der Waals surface area contributed by atoms with Crippen molar-refractivity contribution in [2.75, 3.05) is 26.9 Å². The van der Waals surface area contributed by atoms with Gasteiger partial charge in [-0.05, 0) is 58.4 Å². The zero-order valence-electron chi connectivity index (χ0n) is 12.6. The third kappa shape index (κ3) is 6.17. The molecule has 2 unspecified atom stereocenters. The van der Waals surface area contributed by atoms with Gasteiger partial charge in [-0.3, -0.25) is 0 Å². The van der Waals surface area contributed by atoms with E-state index in [0.717, 1.165) is 32.1 Å². The van der Waals surface area contributed by atoms with Crippen molar-refractivity contribution in [2.45, 2.75) is 64.5 Å². The number of rotatable bonds is 9. The molecule has 1 N–H and O–H groups in total. The lowest BCUT2D eigenvalue weighted by Crippen LogP contribution is -2.34. The summed E-state index contributed by atoms with van der Waals surface area (Å²) in [6.45, 7) is 9.59. The number of methoxy groups -OCH3 is 1. The van der Waals surface area contributed by atoms with Crippen molar-refractivity contribution >= 4 is 0 Å². The van der Waals surface area contributed by atoms with Crippen LogP contribution in [0.3, 0.4) is 0 Å². The van der Waals surface area contributed by atoms with Gasteiger partial charge in [0.15, 0.2) is 0 Å². The van der Waals surface area contributed by atoms with Crippen molar-refractivity contribution in [3.05, 3.63) is 0 Å². The third-order valence-corrected chi connectivity index (χ3v) is 3.97. The second-order valence-electron chi connectivity index (χ2n) is 6.12. The van der Waals surface area contributed by atoms with Gasteiger partial charge < -0.3 is 14.8 Å². The fraction of sp³-hybridized carbons (Fsp3) is 1.00. The lowest BCUT2D eigenvalue weighted by molar-refractivity contribution is 0.0111. The average molecular weight is 257 g/mol. The molecule has 1 aliphatic heterocycles. The molecule has 18 heavy (non-hydrogen) atoms. The first-order chi connectivity index (χ1) is 8.57. The molecule has 1 aliphatic rings. The van der Waals surface area contributed by atoms with Crippen LogP contribution in [0.15, 0.2) is 0 Å². The van der Waals surface area contributed by atoms with E-state index >= 15 is 0 Å². The topological polar surface area (TPSA) is 30.5 Å². The van der Waals surface area contributed by atoms with Gasteiger partial charge in [0.05, 0.1) is 5.60 Å². The minimum Gasteiger partial charge on any atom is -0.381 e. The fourth-order valence-corrected chi connectivity index (χ4v) is 2.45. The quantitative estimate of drug-likeness (QED) is 0.689. The maximum Gasteiger partial charge on any atom is 0.0623 e. The predicted molar refractivity (Wildman–Crippen MR) is 75.9 cm³/mol. The second-order valence-corrected chi connectivity index (χ2v) is 6.12. The van der Waals surface area contributed by atoms with Crippen molar-refractivity contribution < 1.29 is 9.47 Å². The van der Waals surface area contributed by atoms with Gasteiger partial charge in [0.1, 0.15) is 0 Å². The van der Waals surface area contributed by atoms with Crippen molar-refractivity contribution in [1.82, 2.24) is 5.32 Å². The van der Waals surface area contributed by atoms with Gasteiger partial charge in [0.2, 0.25) is 0 Å². The predicted octanol–water partition coefficient (Wildman–Crippen LogP) is 2.99. The average Bonchev–Trinajstić information content (AvgIpc) is 2.85. The maximum atomic E-state index is 5.51. The molecular formula is C15H31NO2. The Balaban J connectivity index is 2.34. The van der Waals surface area contributed by atoms with Crippen LogP contribution in [0.5, 0.6) is 0 Å². The molecule has 0 bridgehead atoms. The van der Waals surface area contributed by atoms with Gasteiger partial charge in [-0.15, -0.1) is 0 Å². The Morgan fingerprint density at radius 2 is 2.22 bits per heavy atom. The number of ether oxygens (including phenoxy) is 2. The molecule has 108 valence electrons. The van der Waals surface area contributed by atoms with E-state index in [2.05, 4.69) is 26.1 Å². The standard InChI is InChI=1S/C15H31NO2/c1-5-9-16-14(6-8-15(2,3)17-4)11-13-7-10-18-12-13/h13-14,16H,5-12H2,1-4H3. The minimum atomic E-state index is -0.00167. The summed E-state index contributed by atoms with van der Waals surface area (Å²) in [6.07, 6.45) is 5.99. The monoisotopic (exact) mass is 257 g/mol. The zero-order chi connectivity index (χ0) is 13.4. The first-order valence-corrected chi connectivity index (χ1v) is 7.43. The van der Waals surface area contributed by atoms with Crippen LogP contribution in [0.2, 0.25) is 0 Å². The molecule has 1 heterocycles. The zero-order valence-corrected chi connectivity index (χ0v) is 12.6. The van der Waals surface area contributed by atoms with E-state index in [9.17, 15) is 0 Å². The van der Waals surface area contributed by atoms with E-state index in [1.165, 1.54) is 25.7 Å². The maximum absolute atomic E-state index is 5.51. The van der Waals surface area contributed by atoms with Crippen LogP contribution in [-0.4, -0.2) is 38.5 Å². The second kappa shape index (κ2) is 8.13. The summed E-state index contributed by atoms with van der Waals surface area (Å²) in [7, 11) is 1.80. The van der Waals surface area contributed by atoms with Gasteiger partial charge in [0.25, 0.3) is 0 Å². The largest absolute Gasteiger partial charge is 0.381 e. The van der Waals surface area contributed by atoms with Gasteiger partial charge in [-0.1, -0.05) is 6.92 Å². The number of hydrogen-bond donors (Lipinski definition) is 1. The van der Waals surface area contributed by atoms with Crippen molar-refractivity contribution in [3.63, 3.8) is 0 Å². The van der Waals surface area contributed by atoms with Crippen molar-refractivity contribution in [2.24, 2.45) is 5.92 Å². The number of nitrogens with one attached hydrogen (secondary N) is 1. The van der Waals surface area contributed by atoms with Crippen molar-refractivity contribution in [1.29, 1.82) is 0 Å². The van der Waals surface area contributed by atoms with E-state index < -0.39 is 0 Å². The molecule has 0 spiro atoms. The SMILES string of the molecule is CCCNC(CCC(C)(C)OC)CC1CCOC1. The van der Waals surface area contributed by atoms with Gasteiger partial charge in [-0.2, -0.15) is 0 Å². The number of hydrogen-bond acceptors (Lipinski definition) is 3. The molecule has 0 aromatic carbocycles. The summed E-state index contributed by atoms with van der Waals surface area (Å²) in [5, 5.41) is 3.68. The molecule has 0 saturated carbocycles. The van der Waals surface area contributed by atoms with E-state index in [1.54, 1.807) is 7.11 Å². The highest BCUT2D eigenvalue weighted by Gasteiger charge is 2.23. The Hall–Kier alpha value is -0.120. The normalized spacial score (nSPS) is 22.3. The van der Waals surface area contributed by atoms with E-state index in [0.29, 0.717) is 6.04 Å². The van der Waals surface area contributed by atoms with Crippen LogP contribution < -0.4 is 5.32 Å². The summed E-state index contributed by atoms with van der Waals surface area (Å²) in [5.41, 5.74) is -0.00167. The highest BCUT2D eigenvalue weighted by atomic mass is 16.5. The highest BCUT2D eigenvalue weighted by Crippen LogP contribution is 2.23. The molecular weight excluding hydrogens is 226 g/mol. The van der Waals surface area contributed by atoms with Crippen molar-refractivity contribution in [3.8, 4) is 0 Å². The van der Waals surface area contributed by atoms with Crippen LogP contribution in [0, 0.1) is 5.92 Å². The van der Waals surface area contributed by atoms with Crippen LogP contribution >= 0.6 is 0 Å². The molecule has 3 nitrogen and oxygen atoms in total. The Morgan fingerprint density at radius 3 is 2.78 bits per heavy atom. The molecule has 1 saturated heterocycles. The van der Waals surface area contributed by atoms with Gasteiger partial charge in [0, 0.05) is 26.4 Å². The molecule has 1 fully saturated rings. The Labute approximate surface area is 113 Å². The molecule has 1 rings (SSSR count). The molecule has 0 aromatic rings. The lowest BCUT2D eigenvalue weighted by Gasteiger charge is -2.27. The van der Waals surface area contributed by atoms with E-state index in [1.807, 2.05) is 0 Å². The summed E-state index contributed by atoms with van der Waals surface area (Å²) in [6, 6.07) is 0.617. The van der Waals surface area contributed by atoms with Gasteiger partial charge in [-0.25, -0.2) is 0 Å². The van der Waals surface area contributed by atoms with E-state index in [-0.39, 0.29) is 5.60 Å². The Kier molecular flexibility index (Phi) is 7.20. The van der Waals surface area contributed by atoms with Crippen LogP contribution in [0.1, 0.15) is 52.9 Å². The van der Waals surface area contributed by atoms with E-state index in [4.69, 9.17) is 9.47 Å². The third-order valence-electron chi connectivity index (χ3n) is 3.97. The summed E-state index contributed by atoms with van der Waals surface area (Å²) in [4.78, 5) is 0. The fourth-order valence-electron chi connectivity index (χ4n) is 2.45. The summed E-state index contributed by atoms with van der Waals surface area (Å²) < 4.78 is 11.0. The summed E-state index contributed by atoms with van der Waals surface area (Å²) in [5.74, 6) is 0.755. The molecule has 3 heteroatoms. The summed E-state index contributed by atoms with van der Waals surface area (Å²) >= 11 is 0. The van der Waals surface area contributed by atoms with Crippen LogP contribution in [-0.2, 0) is 9.47 Å². The smallest absolute Gasteiger partial charge is 0.0623 e.